The molecule has 0 atom stereocenters. The predicted octanol–water partition coefficient (Wildman–Crippen LogP) is 2.98. The van der Waals surface area contributed by atoms with Crippen LogP contribution in [0.3, 0.4) is 0 Å². The maximum atomic E-state index is 4.76. The van der Waals surface area contributed by atoms with Crippen LogP contribution >= 0.6 is 0 Å². The quantitative estimate of drug-likeness (QED) is 0.772. The molecule has 3 aromatic heterocycles. The van der Waals surface area contributed by atoms with Gasteiger partial charge in [0.1, 0.15) is 11.5 Å². The van der Waals surface area contributed by atoms with E-state index in [0.717, 1.165) is 47.9 Å². The molecule has 0 fully saturated rings. The third-order valence-electron chi connectivity index (χ3n) is 4.54. The summed E-state index contributed by atoms with van der Waals surface area (Å²) in [5.41, 5.74) is 6.51. The van der Waals surface area contributed by atoms with Crippen LogP contribution < -0.4 is 5.32 Å². The van der Waals surface area contributed by atoms with Crippen LogP contribution in [-0.4, -0.2) is 25.1 Å². The van der Waals surface area contributed by atoms with E-state index in [2.05, 4.69) is 20.5 Å². The lowest BCUT2D eigenvalue weighted by Crippen LogP contribution is -2.08. The molecule has 0 aromatic carbocycles. The molecule has 2 N–H and O–H groups in total. The number of nitrogens with one attached hydrogen (secondary N) is 2. The Kier molecular flexibility index (Phi) is 3.72. The van der Waals surface area contributed by atoms with E-state index >= 15 is 0 Å². The number of aryl methyl sites for hydroxylation is 3. The molecule has 122 valence electrons. The zero-order chi connectivity index (χ0) is 16.5. The Morgan fingerprint density at radius 2 is 2.08 bits per heavy atom. The molecule has 0 radical (unpaired) electrons. The van der Waals surface area contributed by atoms with Gasteiger partial charge in [-0.1, -0.05) is 6.07 Å². The van der Waals surface area contributed by atoms with Crippen LogP contribution in [0, 0.1) is 13.8 Å². The first-order valence-corrected chi connectivity index (χ1v) is 8.28. The molecule has 1 aliphatic rings. The first-order chi connectivity index (χ1) is 11.7. The number of rotatable bonds is 4. The van der Waals surface area contributed by atoms with E-state index in [9.17, 15) is 0 Å². The van der Waals surface area contributed by atoms with Gasteiger partial charge in [0.2, 0.25) is 0 Å². The fraction of sp³-hybridized carbons (Fsp3) is 0.333. The number of fused-ring (bicyclic) bond motifs is 1. The summed E-state index contributed by atoms with van der Waals surface area (Å²) in [5, 5.41) is 10.8. The Labute approximate surface area is 140 Å². The van der Waals surface area contributed by atoms with Crippen molar-refractivity contribution in [1.29, 1.82) is 0 Å². The summed E-state index contributed by atoms with van der Waals surface area (Å²) in [4.78, 5) is 13.9. The van der Waals surface area contributed by atoms with E-state index < -0.39 is 0 Å². The van der Waals surface area contributed by atoms with E-state index in [-0.39, 0.29) is 0 Å². The van der Waals surface area contributed by atoms with Crippen molar-refractivity contribution >= 4 is 5.82 Å². The summed E-state index contributed by atoms with van der Waals surface area (Å²) < 4.78 is 0. The van der Waals surface area contributed by atoms with Gasteiger partial charge in [-0.3, -0.25) is 10.1 Å². The summed E-state index contributed by atoms with van der Waals surface area (Å²) in [5.74, 6) is 1.62. The Balaban J connectivity index is 1.68. The van der Waals surface area contributed by atoms with E-state index in [4.69, 9.17) is 9.97 Å². The number of anilines is 1. The Morgan fingerprint density at radius 3 is 2.83 bits per heavy atom. The average Bonchev–Trinajstić information content (AvgIpc) is 3.20. The molecule has 3 aromatic rings. The van der Waals surface area contributed by atoms with Gasteiger partial charge in [-0.15, -0.1) is 0 Å². The van der Waals surface area contributed by atoms with Crippen LogP contribution in [0.5, 0.6) is 0 Å². The molecule has 0 bridgehead atoms. The van der Waals surface area contributed by atoms with Crippen LogP contribution in [0.15, 0.2) is 24.4 Å². The lowest BCUT2D eigenvalue weighted by molar-refractivity contribution is 0.899. The molecule has 0 unspecified atom stereocenters. The number of hydrogen-bond acceptors (Lipinski definition) is 5. The normalized spacial score (nSPS) is 13.1. The largest absolute Gasteiger partial charge is 0.365 e. The Hall–Kier alpha value is -2.76. The van der Waals surface area contributed by atoms with Gasteiger partial charge >= 0.3 is 0 Å². The highest BCUT2D eigenvalue weighted by Crippen LogP contribution is 2.29. The predicted molar refractivity (Wildman–Crippen MR) is 92.7 cm³/mol. The molecule has 0 saturated carbocycles. The van der Waals surface area contributed by atoms with Gasteiger partial charge < -0.3 is 5.32 Å². The molecule has 6 nitrogen and oxygen atoms in total. The first kappa shape index (κ1) is 14.8. The summed E-state index contributed by atoms with van der Waals surface area (Å²) in [6.45, 7) is 4.77. The van der Waals surface area contributed by atoms with E-state index in [1.807, 2.05) is 32.0 Å². The van der Waals surface area contributed by atoms with Gasteiger partial charge in [-0.2, -0.15) is 5.10 Å². The minimum Gasteiger partial charge on any atom is -0.365 e. The van der Waals surface area contributed by atoms with Crippen LogP contribution in [0.4, 0.5) is 5.82 Å². The Bertz CT molecular complexity index is 849. The van der Waals surface area contributed by atoms with Crippen molar-refractivity contribution in [3.05, 3.63) is 52.6 Å². The number of aromatic nitrogens is 5. The fourth-order valence-corrected chi connectivity index (χ4v) is 3.19. The van der Waals surface area contributed by atoms with Crippen molar-refractivity contribution in [1.82, 2.24) is 25.1 Å². The molecule has 1 aliphatic carbocycles. The maximum Gasteiger partial charge on any atom is 0.180 e. The van der Waals surface area contributed by atoms with Crippen LogP contribution in [0.25, 0.3) is 11.5 Å². The smallest absolute Gasteiger partial charge is 0.180 e. The molecule has 24 heavy (non-hydrogen) atoms. The van der Waals surface area contributed by atoms with Crippen molar-refractivity contribution in [3.8, 4) is 11.5 Å². The number of hydrogen-bond donors (Lipinski definition) is 2. The highest BCUT2D eigenvalue weighted by molar-refractivity contribution is 5.58. The van der Waals surface area contributed by atoms with Crippen LogP contribution in [0.1, 0.15) is 34.6 Å². The lowest BCUT2D eigenvalue weighted by Gasteiger charge is -2.12. The van der Waals surface area contributed by atoms with Crippen LogP contribution in [0.2, 0.25) is 0 Å². The zero-order valence-corrected chi connectivity index (χ0v) is 13.9. The van der Waals surface area contributed by atoms with E-state index in [1.54, 1.807) is 6.20 Å². The topological polar surface area (TPSA) is 79.4 Å². The van der Waals surface area contributed by atoms with Gasteiger partial charge in [-0.05, 0) is 45.2 Å². The fourth-order valence-electron chi connectivity index (χ4n) is 3.19. The monoisotopic (exact) mass is 320 g/mol. The lowest BCUT2D eigenvalue weighted by atomic mass is 10.2. The third-order valence-corrected chi connectivity index (χ3v) is 4.54. The number of H-pyrrole nitrogens is 1. The van der Waals surface area contributed by atoms with Gasteiger partial charge in [0.15, 0.2) is 5.82 Å². The van der Waals surface area contributed by atoms with E-state index in [0.29, 0.717) is 12.4 Å². The molecular weight excluding hydrogens is 300 g/mol. The third kappa shape index (κ3) is 2.64. The van der Waals surface area contributed by atoms with Gasteiger partial charge in [0.05, 0.1) is 5.69 Å². The second kappa shape index (κ2) is 6.03. The molecule has 0 saturated heterocycles. The molecular formula is C18H20N6. The van der Waals surface area contributed by atoms with Crippen molar-refractivity contribution < 1.29 is 0 Å². The second-order valence-electron chi connectivity index (χ2n) is 6.16. The van der Waals surface area contributed by atoms with Crippen molar-refractivity contribution in [2.45, 2.75) is 39.7 Å². The molecule has 6 heteroatoms. The minimum absolute atomic E-state index is 0.694. The van der Waals surface area contributed by atoms with Crippen LogP contribution in [-0.2, 0) is 19.4 Å². The summed E-state index contributed by atoms with van der Waals surface area (Å²) in [6.07, 6.45) is 4.95. The molecule has 0 amide bonds. The first-order valence-electron chi connectivity index (χ1n) is 8.28. The molecule has 0 aliphatic heterocycles. The SMILES string of the molecule is Cc1n[nH]c(C)c1CNc1nc(-c2ccccn2)nc2c1CCC2. The van der Waals surface area contributed by atoms with Crippen molar-refractivity contribution in [2.24, 2.45) is 0 Å². The summed E-state index contributed by atoms with van der Waals surface area (Å²) >= 11 is 0. The average molecular weight is 320 g/mol. The van der Waals surface area contributed by atoms with Crippen molar-refractivity contribution in [3.63, 3.8) is 0 Å². The Morgan fingerprint density at radius 1 is 1.17 bits per heavy atom. The second-order valence-corrected chi connectivity index (χ2v) is 6.16. The van der Waals surface area contributed by atoms with Gasteiger partial charge in [0.25, 0.3) is 0 Å². The molecule has 0 spiro atoms. The highest BCUT2D eigenvalue weighted by atomic mass is 15.1. The summed E-state index contributed by atoms with van der Waals surface area (Å²) in [7, 11) is 0. The zero-order valence-electron chi connectivity index (χ0n) is 13.9. The highest BCUT2D eigenvalue weighted by Gasteiger charge is 2.20. The number of nitrogens with zero attached hydrogens (tertiary/aromatic N) is 4. The minimum atomic E-state index is 0.694. The van der Waals surface area contributed by atoms with Gasteiger partial charge in [-0.25, -0.2) is 9.97 Å². The maximum absolute atomic E-state index is 4.76. The van der Waals surface area contributed by atoms with E-state index in [1.165, 1.54) is 11.1 Å². The molecule has 3 heterocycles. The standard InChI is InChI=1S/C18H20N6/c1-11-14(12(2)24-23-11)10-20-17-13-6-5-8-15(13)21-18(22-17)16-7-3-4-9-19-16/h3-4,7,9H,5-6,8,10H2,1-2H3,(H,23,24)(H,20,21,22). The number of pyridine rings is 1. The number of aromatic amines is 1. The van der Waals surface area contributed by atoms with Gasteiger partial charge in [0, 0.05) is 35.3 Å². The molecule has 4 rings (SSSR count). The van der Waals surface area contributed by atoms with Crippen molar-refractivity contribution in [2.75, 3.05) is 5.32 Å². The summed E-state index contributed by atoms with van der Waals surface area (Å²) in [6, 6.07) is 5.82.